The monoisotopic (exact) mass is 375 g/mol. The predicted molar refractivity (Wildman–Crippen MR) is 102 cm³/mol. The van der Waals surface area contributed by atoms with Crippen molar-refractivity contribution in [1.82, 2.24) is 15.5 Å². The van der Waals surface area contributed by atoms with Crippen molar-refractivity contribution in [2.45, 2.75) is 45.1 Å². The summed E-state index contributed by atoms with van der Waals surface area (Å²) in [5, 5.41) is 5.79. The second-order valence-electron chi connectivity index (χ2n) is 6.99. The number of hydrogen-bond donors (Lipinski definition) is 2. The van der Waals surface area contributed by atoms with Gasteiger partial charge in [0.2, 0.25) is 0 Å². The average molecular weight is 375 g/mol. The molecule has 1 aliphatic carbocycles. The first-order valence-corrected chi connectivity index (χ1v) is 9.86. The zero-order valence-corrected chi connectivity index (χ0v) is 16.0. The SMILES string of the molecule is CCOC(=O)N1CCC(NC(=O)NCCOc2ccc3c(c2)CCC3)CC1. The maximum Gasteiger partial charge on any atom is 0.409 e. The van der Waals surface area contributed by atoms with Gasteiger partial charge in [-0.25, -0.2) is 9.59 Å². The molecule has 0 spiro atoms. The molecule has 1 aliphatic heterocycles. The Balaban J connectivity index is 1.29. The third-order valence-electron chi connectivity index (χ3n) is 5.08. The van der Waals surface area contributed by atoms with Crippen molar-refractivity contribution in [2.75, 3.05) is 32.8 Å². The van der Waals surface area contributed by atoms with Crippen LogP contribution in [0.3, 0.4) is 0 Å². The Morgan fingerprint density at radius 3 is 2.74 bits per heavy atom. The van der Waals surface area contributed by atoms with E-state index in [1.807, 2.05) is 6.07 Å². The van der Waals surface area contributed by atoms with E-state index in [4.69, 9.17) is 9.47 Å². The summed E-state index contributed by atoms with van der Waals surface area (Å²) in [6.45, 7) is 4.27. The highest BCUT2D eigenvalue weighted by Gasteiger charge is 2.24. The van der Waals surface area contributed by atoms with Gasteiger partial charge in [-0.05, 0) is 62.3 Å². The van der Waals surface area contributed by atoms with E-state index in [1.54, 1.807) is 11.8 Å². The van der Waals surface area contributed by atoms with Crippen molar-refractivity contribution in [3.63, 3.8) is 0 Å². The van der Waals surface area contributed by atoms with Crippen molar-refractivity contribution >= 4 is 12.1 Å². The number of urea groups is 1. The Kier molecular flexibility index (Phi) is 6.79. The van der Waals surface area contributed by atoms with E-state index in [0.717, 1.165) is 31.4 Å². The zero-order chi connectivity index (χ0) is 19.1. The second-order valence-corrected chi connectivity index (χ2v) is 6.99. The molecule has 0 aromatic heterocycles. The molecule has 0 saturated carbocycles. The minimum absolute atomic E-state index is 0.0771. The fourth-order valence-electron chi connectivity index (χ4n) is 3.63. The number of hydrogen-bond acceptors (Lipinski definition) is 4. The summed E-state index contributed by atoms with van der Waals surface area (Å²) in [6, 6.07) is 6.14. The quantitative estimate of drug-likeness (QED) is 0.749. The maximum atomic E-state index is 12.0. The Hall–Kier alpha value is -2.44. The lowest BCUT2D eigenvalue weighted by Gasteiger charge is -2.31. The van der Waals surface area contributed by atoms with Crippen molar-refractivity contribution < 1.29 is 19.1 Å². The molecule has 148 valence electrons. The molecule has 3 amide bonds. The summed E-state index contributed by atoms with van der Waals surface area (Å²) in [7, 11) is 0. The number of amides is 3. The molecule has 0 unspecified atom stereocenters. The molecule has 27 heavy (non-hydrogen) atoms. The molecule has 2 aliphatic rings. The van der Waals surface area contributed by atoms with Gasteiger partial charge < -0.3 is 25.0 Å². The van der Waals surface area contributed by atoms with E-state index in [9.17, 15) is 9.59 Å². The highest BCUT2D eigenvalue weighted by molar-refractivity contribution is 5.74. The van der Waals surface area contributed by atoms with Gasteiger partial charge in [0.15, 0.2) is 0 Å². The standard InChI is InChI=1S/C20H29N3O4/c1-2-26-20(25)23-11-8-17(9-12-23)22-19(24)21-10-13-27-18-7-6-15-4-3-5-16(15)14-18/h6-7,14,17H,2-5,8-13H2,1H3,(H2,21,22,24). The number of benzene rings is 1. The highest BCUT2D eigenvalue weighted by atomic mass is 16.6. The topological polar surface area (TPSA) is 79.9 Å². The van der Waals surface area contributed by atoms with Gasteiger partial charge in [-0.3, -0.25) is 0 Å². The van der Waals surface area contributed by atoms with Crippen LogP contribution < -0.4 is 15.4 Å². The van der Waals surface area contributed by atoms with E-state index < -0.39 is 0 Å². The number of piperidine rings is 1. The molecule has 0 atom stereocenters. The summed E-state index contributed by atoms with van der Waals surface area (Å²) < 4.78 is 10.7. The lowest BCUT2D eigenvalue weighted by Crippen LogP contribution is -2.49. The Morgan fingerprint density at radius 2 is 1.96 bits per heavy atom. The van der Waals surface area contributed by atoms with Crippen LogP contribution >= 0.6 is 0 Å². The Labute approximate surface area is 160 Å². The number of ether oxygens (including phenoxy) is 2. The zero-order valence-electron chi connectivity index (χ0n) is 16.0. The fourth-order valence-corrected chi connectivity index (χ4v) is 3.63. The van der Waals surface area contributed by atoms with Gasteiger partial charge in [0.1, 0.15) is 12.4 Å². The van der Waals surface area contributed by atoms with E-state index in [0.29, 0.717) is 32.8 Å². The lowest BCUT2D eigenvalue weighted by molar-refractivity contribution is 0.0957. The molecule has 7 nitrogen and oxygen atoms in total. The number of rotatable bonds is 6. The van der Waals surface area contributed by atoms with Crippen LogP contribution in [-0.2, 0) is 17.6 Å². The molecule has 0 bridgehead atoms. The molecule has 7 heteroatoms. The van der Waals surface area contributed by atoms with E-state index >= 15 is 0 Å². The van der Waals surface area contributed by atoms with Crippen molar-refractivity contribution in [3.05, 3.63) is 29.3 Å². The normalized spacial score (nSPS) is 16.6. The number of nitrogens with one attached hydrogen (secondary N) is 2. The molecule has 2 N–H and O–H groups in total. The van der Waals surface area contributed by atoms with Crippen molar-refractivity contribution in [3.8, 4) is 5.75 Å². The van der Waals surface area contributed by atoms with Gasteiger partial charge in [0.25, 0.3) is 0 Å². The molecule has 3 rings (SSSR count). The number of likely N-dealkylation sites (tertiary alicyclic amines) is 1. The summed E-state index contributed by atoms with van der Waals surface area (Å²) >= 11 is 0. The Morgan fingerprint density at radius 1 is 1.19 bits per heavy atom. The molecule has 1 aromatic carbocycles. The number of fused-ring (bicyclic) bond motifs is 1. The predicted octanol–water partition coefficient (Wildman–Crippen LogP) is 2.47. The summed E-state index contributed by atoms with van der Waals surface area (Å²) in [5.74, 6) is 0.865. The molecule has 1 heterocycles. The van der Waals surface area contributed by atoms with Gasteiger partial charge in [-0.15, -0.1) is 0 Å². The Bertz CT molecular complexity index is 657. The van der Waals surface area contributed by atoms with Gasteiger partial charge >= 0.3 is 12.1 Å². The van der Waals surface area contributed by atoms with Gasteiger partial charge in [0, 0.05) is 19.1 Å². The van der Waals surface area contributed by atoms with Crippen molar-refractivity contribution in [2.24, 2.45) is 0 Å². The number of aryl methyl sites for hydroxylation is 2. The fraction of sp³-hybridized carbons (Fsp3) is 0.600. The first kappa shape index (κ1) is 19.3. The summed E-state index contributed by atoms with van der Waals surface area (Å²) in [5.41, 5.74) is 2.81. The highest BCUT2D eigenvalue weighted by Crippen LogP contribution is 2.25. The third kappa shape index (κ3) is 5.52. The van der Waals surface area contributed by atoms with Crippen LogP contribution in [0, 0.1) is 0 Å². The molecule has 1 aromatic rings. The summed E-state index contributed by atoms with van der Waals surface area (Å²) in [4.78, 5) is 25.4. The van der Waals surface area contributed by atoms with E-state index in [1.165, 1.54) is 17.5 Å². The van der Waals surface area contributed by atoms with Crippen LogP contribution in [-0.4, -0.2) is 55.9 Å². The van der Waals surface area contributed by atoms with Gasteiger partial charge in [0.05, 0.1) is 13.2 Å². The molecule has 1 saturated heterocycles. The van der Waals surface area contributed by atoms with Gasteiger partial charge in [-0.2, -0.15) is 0 Å². The lowest BCUT2D eigenvalue weighted by atomic mass is 10.1. The molecular weight excluding hydrogens is 346 g/mol. The number of nitrogens with zero attached hydrogens (tertiary/aromatic N) is 1. The van der Waals surface area contributed by atoms with Crippen LogP contribution in [0.4, 0.5) is 9.59 Å². The van der Waals surface area contributed by atoms with Gasteiger partial charge in [-0.1, -0.05) is 6.07 Å². The number of carbonyl (C=O) groups is 2. The van der Waals surface area contributed by atoms with Crippen LogP contribution in [0.1, 0.15) is 37.3 Å². The second kappa shape index (κ2) is 9.48. The van der Waals surface area contributed by atoms with E-state index in [2.05, 4.69) is 22.8 Å². The van der Waals surface area contributed by atoms with Crippen molar-refractivity contribution in [1.29, 1.82) is 0 Å². The molecule has 1 fully saturated rings. The molecular formula is C20H29N3O4. The average Bonchev–Trinajstić information content (AvgIpc) is 3.14. The molecule has 0 radical (unpaired) electrons. The first-order valence-electron chi connectivity index (χ1n) is 9.86. The summed E-state index contributed by atoms with van der Waals surface area (Å²) in [6.07, 6.45) is 4.71. The first-order chi connectivity index (χ1) is 13.2. The van der Waals surface area contributed by atoms with Crippen LogP contribution in [0.15, 0.2) is 18.2 Å². The number of carbonyl (C=O) groups excluding carboxylic acids is 2. The van der Waals surface area contributed by atoms with Crippen LogP contribution in [0.2, 0.25) is 0 Å². The van der Waals surface area contributed by atoms with Crippen LogP contribution in [0.5, 0.6) is 5.75 Å². The minimum Gasteiger partial charge on any atom is -0.492 e. The maximum absolute atomic E-state index is 12.0. The van der Waals surface area contributed by atoms with E-state index in [-0.39, 0.29) is 18.2 Å². The third-order valence-corrected chi connectivity index (χ3v) is 5.08. The minimum atomic E-state index is -0.274. The largest absolute Gasteiger partial charge is 0.492 e. The smallest absolute Gasteiger partial charge is 0.409 e. The van der Waals surface area contributed by atoms with Crippen LogP contribution in [0.25, 0.3) is 0 Å².